The molecule has 1 unspecified atom stereocenters. The lowest BCUT2D eigenvalue weighted by atomic mass is 10.0. The van der Waals surface area contributed by atoms with Crippen LogP contribution in [0.1, 0.15) is 31.9 Å². The third kappa shape index (κ3) is 2.56. The van der Waals surface area contributed by atoms with Gasteiger partial charge in [-0.2, -0.15) is 5.10 Å². The maximum absolute atomic E-state index is 4.26. The topological polar surface area (TPSA) is 29.9 Å². The summed E-state index contributed by atoms with van der Waals surface area (Å²) in [4.78, 5) is 0. The average molecular weight is 181 g/mol. The molecule has 0 fully saturated rings. The van der Waals surface area contributed by atoms with Gasteiger partial charge in [-0.1, -0.05) is 6.92 Å². The molecule has 0 aliphatic rings. The smallest absolute Gasteiger partial charge is 0.0492 e. The fourth-order valence-electron chi connectivity index (χ4n) is 1.53. The van der Waals surface area contributed by atoms with Gasteiger partial charge in [-0.25, -0.2) is 0 Å². The van der Waals surface area contributed by atoms with Crippen LogP contribution in [0.2, 0.25) is 0 Å². The Bertz CT molecular complexity index is 242. The lowest BCUT2D eigenvalue weighted by Crippen LogP contribution is -2.13. The molecule has 1 rings (SSSR count). The average Bonchev–Trinajstić information content (AvgIpc) is 2.61. The zero-order valence-corrected chi connectivity index (χ0v) is 8.75. The third-order valence-electron chi connectivity index (χ3n) is 2.38. The van der Waals surface area contributed by atoms with E-state index in [0.717, 1.165) is 13.1 Å². The van der Waals surface area contributed by atoms with Gasteiger partial charge in [0.25, 0.3) is 0 Å². The van der Waals surface area contributed by atoms with Gasteiger partial charge in [0.15, 0.2) is 0 Å². The zero-order chi connectivity index (χ0) is 9.68. The Hall–Kier alpha value is -0.830. The Kier molecular flexibility index (Phi) is 3.96. The lowest BCUT2D eigenvalue weighted by molar-refractivity contribution is 0.550. The Morgan fingerprint density at radius 2 is 2.38 bits per heavy atom. The number of rotatable bonds is 5. The van der Waals surface area contributed by atoms with Crippen LogP contribution in [0.25, 0.3) is 0 Å². The molecule has 0 amide bonds. The summed E-state index contributed by atoms with van der Waals surface area (Å²) in [6, 6.07) is 2.11. The van der Waals surface area contributed by atoms with Gasteiger partial charge in [-0.3, -0.25) is 4.68 Å². The van der Waals surface area contributed by atoms with E-state index in [-0.39, 0.29) is 0 Å². The van der Waals surface area contributed by atoms with Crippen molar-refractivity contribution in [2.75, 3.05) is 13.6 Å². The maximum Gasteiger partial charge on any atom is 0.0492 e. The summed E-state index contributed by atoms with van der Waals surface area (Å²) >= 11 is 0. The lowest BCUT2D eigenvalue weighted by Gasteiger charge is -2.12. The Labute approximate surface area is 80.1 Å². The van der Waals surface area contributed by atoms with E-state index in [9.17, 15) is 0 Å². The van der Waals surface area contributed by atoms with Crippen molar-refractivity contribution in [3.63, 3.8) is 0 Å². The minimum absolute atomic E-state index is 0.592. The molecule has 1 atom stereocenters. The van der Waals surface area contributed by atoms with E-state index in [4.69, 9.17) is 0 Å². The number of nitrogens with one attached hydrogen (secondary N) is 1. The Balaban J connectivity index is 2.59. The van der Waals surface area contributed by atoms with Crippen molar-refractivity contribution < 1.29 is 0 Å². The highest BCUT2D eigenvalue weighted by atomic mass is 15.3. The minimum Gasteiger partial charge on any atom is -0.320 e. The summed E-state index contributed by atoms with van der Waals surface area (Å²) in [5.41, 5.74) is 1.35. The molecule has 3 heteroatoms. The molecule has 1 N–H and O–H groups in total. The van der Waals surface area contributed by atoms with Crippen molar-refractivity contribution in [3.8, 4) is 0 Å². The van der Waals surface area contributed by atoms with E-state index < -0.39 is 0 Å². The molecule has 1 aromatic heterocycles. The van der Waals surface area contributed by atoms with Crippen molar-refractivity contribution in [2.24, 2.45) is 0 Å². The predicted octanol–water partition coefficient (Wildman–Crippen LogP) is 1.62. The first-order valence-corrected chi connectivity index (χ1v) is 4.95. The first-order valence-electron chi connectivity index (χ1n) is 4.95. The summed E-state index contributed by atoms with van der Waals surface area (Å²) in [6.07, 6.45) is 3.05. The molecule has 13 heavy (non-hydrogen) atoms. The van der Waals surface area contributed by atoms with Crippen LogP contribution in [0.4, 0.5) is 0 Å². The molecule has 3 nitrogen and oxygen atoms in total. The second kappa shape index (κ2) is 5.02. The van der Waals surface area contributed by atoms with Gasteiger partial charge < -0.3 is 5.32 Å². The normalized spacial score (nSPS) is 13.2. The molecular formula is C10H19N3. The third-order valence-corrected chi connectivity index (χ3v) is 2.38. The highest BCUT2D eigenvalue weighted by Crippen LogP contribution is 2.17. The first kappa shape index (κ1) is 10.3. The number of aromatic nitrogens is 2. The molecule has 0 aliphatic carbocycles. The van der Waals surface area contributed by atoms with Crippen LogP contribution in [0.3, 0.4) is 0 Å². The monoisotopic (exact) mass is 181 g/mol. The number of nitrogens with zero attached hydrogens (tertiary/aromatic N) is 2. The van der Waals surface area contributed by atoms with Crippen LogP contribution in [0, 0.1) is 0 Å². The standard InChI is InChI=1S/C10H19N3/c1-4-13-10(6-8-12-13)9(2)5-7-11-3/h6,8-9,11H,4-5,7H2,1-3H3. The van der Waals surface area contributed by atoms with Gasteiger partial charge in [0.05, 0.1) is 0 Å². The van der Waals surface area contributed by atoms with Crippen molar-refractivity contribution in [1.29, 1.82) is 0 Å². The molecule has 1 heterocycles. The molecule has 0 saturated carbocycles. The summed E-state index contributed by atoms with van der Waals surface area (Å²) in [5, 5.41) is 7.43. The van der Waals surface area contributed by atoms with Crippen molar-refractivity contribution >= 4 is 0 Å². The fraction of sp³-hybridized carbons (Fsp3) is 0.700. The van der Waals surface area contributed by atoms with E-state index in [2.05, 4.69) is 35.0 Å². The molecule has 0 spiro atoms. The van der Waals surface area contributed by atoms with Crippen LogP contribution in [-0.2, 0) is 6.54 Å². The summed E-state index contributed by atoms with van der Waals surface area (Å²) in [6.45, 7) is 6.41. The molecule has 1 aromatic rings. The van der Waals surface area contributed by atoms with Crippen LogP contribution < -0.4 is 5.32 Å². The summed E-state index contributed by atoms with van der Waals surface area (Å²) in [5.74, 6) is 0.592. The Morgan fingerprint density at radius 3 is 3.00 bits per heavy atom. The molecule has 0 aliphatic heterocycles. The quantitative estimate of drug-likeness (QED) is 0.748. The summed E-state index contributed by atoms with van der Waals surface area (Å²) < 4.78 is 2.07. The molecule has 0 aromatic carbocycles. The van der Waals surface area contributed by atoms with Crippen LogP contribution >= 0.6 is 0 Å². The SMILES string of the molecule is CCn1nccc1C(C)CCNC. The van der Waals surface area contributed by atoms with E-state index in [1.807, 2.05) is 13.2 Å². The molecular weight excluding hydrogens is 162 g/mol. The van der Waals surface area contributed by atoms with Gasteiger partial charge in [-0.05, 0) is 38.9 Å². The molecule has 74 valence electrons. The van der Waals surface area contributed by atoms with Gasteiger partial charge in [0.2, 0.25) is 0 Å². The fourth-order valence-corrected chi connectivity index (χ4v) is 1.53. The first-order chi connectivity index (χ1) is 6.29. The van der Waals surface area contributed by atoms with E-state index in [0.29, 0.717) is 5.92 Å². The van der Waals surface area contributed by atoms with Crippen LogP contribution in [0.15, 0.2) is 12.3 Å². The predicted molar refractivity (Wildman–Crippen MR) is 54.9 cm³/mol. The van der Waals surface area contributed by atoms with Crippen molar-refractivity contribution in [1.82, 2.24) is 15.1 Å². The number of hydrogen-bond acceptors (Lipinski definition) is 2. The molecule has 0 saturated heterocycles. The second-order valence-electron chi connectivity index (χ2n) is 3.37. The Morgan fingerprint density at radius 1 is 1.62 bits per heavy atom. The molecule has 0 radical (unpaired) electrons. The van der Waals surface area contributed by atoms with Gasteiger partial charge in [0, 0.05) is 18.4 Å². The number of aryl methyl sites for hydroxylation is 1. The van der Waals surface area contributed by atoms with Crippen molar-refractivity contribution in [2.45, 2.75) is 32.7 Å². The van der Waals surface area contributed by atoms with Gasteiger partial charge in [-0.15, -0.1) is 0 Å². The van der Waals surface area contributed by atoms with Crippen LogP contribution in [0.5, 0.6) is 0 Å². The maximum atomic E-state index is 4.26. The highest BCUT2D eigenvalue weighted by Gasteiger charge is 2.09. The molecule has 0 bridgehead atoms. The van der Waals surface area contributed by atoms with Crippen molar-refractivity contribution in [3.05, 3.63) is 18.0 Å². The van der Waals surface area contributed by atoms with Gasteiger partial charge >= 0.3 is 0 Å². The van der Waals surface area contributed by atoms with Crippen LogP contribution in [-0.4, -0.2) is 23.4 Å². The van der Waals surface area contributed by atoms with E-state index >= 15 is 0 Å². The van der Waals surface area contributed by atoms with E-state index in [1.54, 1.807) is 0 Å². The largest absolute Gasteiger partial charge is 0.320 e. The highest BCUT2D eigenvalue weighted by molar-refractivity contribution is 5.06. The second-order valence-corrected chi connectivity index (χ2v) is 3.37. The van der Waals surface area contributed by atoms with E-state index in [1.165, 1.54) is 12.1 Å². The van der Waals surface area contributed by atoms with Gasteiger partial charge in [0.1, 0.15) is 0 Å². The zero-order valence-electron chi connectivity index (χ0n) is 8.75. The minimum atomic E-state index is 0.592. The summed E-state index contributed by atoms with van der Waals surface area (Å²) in [7, 11) is 1.99. The number of hydrogen-bond donors (Lipinski definition) is 1.